The fraction of sp³-hybridized carbons (Fsp3) is 0.571. The summed E-state index contributed by atoms with van der Waals surface area (Å²) >= 11 is 3.63. The molecule has 5 rings (SSSR count). The molecule has 0 amide bonds. The number of pyridine rings is 1. The van der Waals surface area contributed by atoms with E-state index in [2.05, 4.69) is 23.7 Å². The molecule has 148 valence electrons. The minimum absolute atomic E-state index is 0.468. The van der Waals surface area contributed by atoms with Gasteiger partial charge in [0.1, 0.15) is 16.2 Å². The summed E-state index contributed by atoms with van der Waals surface area (Å²) in [6.45, 7) is 9.38. The zero-order chi connectivity index (χ0) is 19.1. The Morgan fingerprint density at radius 1 is 1.18 bits per heavy atom. The summed E-state index contributed by atoms with van der Waals surface area (Å²) in [5.41, 5.74) is 5.40. The normalized spacial score (nSPS) is 17.8. The SMILES string of the molecule is CC(C)c1nc2sc3c(SCCN4CCOCC4)ncnc3c2c2c1CCC2. The van der Waals surface area contributed by atoms with Gasteiger partial charge in [-0.3, -0.25) is 4.90 Å². The molecular formula is C21H26N4OS2. The number of aryl methyl sites for hydroxylation is 1. The molecule has 0 saturated carbocycles. The second kappa shape index (κ2) is 7.86. The number of nitrogens with zero attached hydrogens (tertiary/aromatic N) is 4. The molecule has 3 aromatic heterocycles. The highest BCUT2D eigenvalue weighted by Crippen LogP contribution is 2.42. The summed E-state index contributed by atoms with van der Waals surface area (Å²) in [5, 5.41) is 2.41. The third kappa shape index (κ3) is 3.32. The van der Waals surface area contributed by atoms with Gasteiger partial charge in [-0.1, -0.05) is 13.8 Å². The molecule has 0 unspecified atom stereocenters. The van der Waals surface area contributed by atoms with Crippen LogP contribution in [0.15, 0.2) is 11.4 Å². The summed E-state index contributed by atoms with van der Waals surface area (Å²) in [6, 6.07) is 0. The van der Waals surface area contributed by atoms with Crippen molar-refractivity contribution in [1.82, 2.24) is 19.9 Å². The van der Waals surface area contributed by atoms with Crippen LogP contribution in [-0.2, 0) is 17.6 Å². The van der Waals surface area contributed by atoms with Gasteiger partial charge in [0.2, 0.25) is 0 Å². The molecule has 0 aromatic carbocycles. The lowest BCUT2D eigenvalue weighted by Gasteiger charge is -2.26. The van der Waals surface area contributed by atoms with Gasteiger partial charge in [-0.05, 0) is 36.3 Å². The number of thiophene rings is 1. The van der Waals surface area contributed by atoms with Gasteiger partial charge in [0.25, 0.3) is 0 Å². The topological polar surface area (TPSA) is 51.1 Å². The van der Waals surface area contributed by atoms with Crippen LogP contribution < -0.4 is 0 Å². The van der Waals surface area contributed by atoms with Crippen LogP contribution in [0.4, 0.5) is 0 Å². The van der Waals surface area contributed by atoms with Crippen LogP contribution in [0.5, 0.6) is 0 Å². The third-order valence-electron chi connectivity index (χ3n) is 5.77. The highest BCUT2D eigenvalue weighted by molar-refractivity contribution is 7.99. The highest BCUT2D eigenvalue weighted by atomic mass is 32.2. The fourth-order valence-corrected chi connectivity index (χ4v) is 6.63. The smallest absolute Gasteiger partial charge is 0.126 e. The molecule has 1 aliphatic heterocycles. The van der Waals surface area contributed by atoms with E-state index in [1.807, 2.05) is 11.8 Å². The van der Waals surface area contributed by atoms with Crippen LogP contribution in [0.3, 0.4) is 0 Å². The van der Waals surface area contributed by atoms with E-state index in [4.69, 9.17) is 14.7 Å². The van der Waals surface area contributed by atoms with Crippen molar-refractivity contribution in [2.45, 2.75) is 44.1 Å². The van der Waals surface area contributed by atoms with E-state index in [-0.39, 0.29) is 0 Å². The Balaban J connectivity index is 1.50. The maximum atomic E-state index is 5.44. The molecule has 7 heteroatoms. The summed E-state index contributed by atoms with van der Waals surface area (Å²) in [7, 11) is 0. The van der Waals surface area contributed by atoms with Gasteiger partial charge in [-0.25, -0.2) is 15.0 Å². The second-order valence-corrected chi connectivity index (χ2v) is 9.99. The van der Waals surface area contributed by atoms with Crippen molar-refractivity contribution in [3.05, 3.63) is 23.1 Å². The maximum Gasteiger partial charge on any atom is 0.126 e. The number of ether oxygens (including phenoxy) is 1. The number of morpholine rings is 1. The van der Waals surface area contributed by atoms with E-state index in [0.29, 0.717) is 5.92 Å². The van der Waals surface area contributed by atoms with E-state index in [1.165, 1.54) is 33.3 Å². The molecular weight excluding hydrogens is 388 g/mol. The van der Waals surface area contributed by atoms with Crippen LogP contribution in [0.25, 0.3) is 20.4 Å². The molecule has 0 radical (unpaired) electrons. The van der Waals surface area contributed by atoms with Crippen molar-refractivity contribution in [3.8, 4) is 0 Å². The van der Waals surface area contributed by atoms with Crippen LogP contribution >= 0.6 is 23.1 Å². The Morgan fingerprint density at radius 3 is 2.82 bits per heavy atom. The van der Waals surface area contributed by atoms with Crippen molar-refractivity contribution >= 4 is 43.5 Å². The first-order chi connectivity index (χ1) is 13.7. The molecule has 1 saturated heterocycles. The summed E-state index contributed by atoms with van der Waals surface area (Å²) in [4.78, 5) is 18.0. The molecule has 0 atom stereocenters. The average molecular weight is 415 g/mol. The van der Waals surface area contributed by atoms with Gasteiger partial charge < -0.3 is 4.74 Å². The van der Waals surface area contributed by atoms with Crippen LogP contribution in [0.1, 0.15) is 43.0 Å². The third-order valence-corrected chi connectivity index (χ3v) is 7.95. The standard InChI is InChI=1S/C21H26N4OS2/c1-13(2)17-15-5-3-4-14(15)16-18-19(28-20(16)24-17)21(23-12-22-18)27-11-8-25-6-9-26-10-7-25/h12-13H,3-11H2,1-2H3. The van der Waals surface area contributed by atoms with Gasteiger partial charge in [-0.2, -0.15) is 0 Å². The van der Waals surface area contributed by atoms with Crippen LogP contribution in [0.2, 0.25) is 0 Å². The van der Waals surface area contributed by atoms with Crippen LogP contribution in [-0.4, -0.2) is 58.5 Å². The average Bonchev–Trinajstić information content (AvgIpc) is 3.32. The van der Waals surface area contributed by atoms with Gasteiger partial charge in [-0.15, -0.1) is 23.1 Å². The highest BCUT2D eigenvalue weighted by Gasteiger charge is 2.25. The molecule has 0 spiro atoms. The monoisotopic (exact) mass is 414 g/mol. The van der Waals surface area contributed by atoms with E-state index < -0.39 is 0 Å². The van der Waals surface area contributed by atoms with Gasteiger partial charge in [0, 0.05) is 36.5 Å². The molecule has 0 bridgehead atoms. The Kier molecular flexibility index (Phi) is 5.26. The minimum atomic E-state index is 0.468. The molecule has 2 aliphatic rings. The number of fused-ring (bicyclic) bond motifs is 5. The molecule has 5 nitrogen and oxygen atoms in total. The van der Waals surface area contributed by atoms with E-state index in [9.17, 15) is 0 Å². The number of hydrogen-bond donors (Lipinski definition) is 0. The van der Waals surface area contributed by atoms with E-state index >= 15 is 0 Å². The van der Waals surface area contributed by atoms with E-state index in [0.717, 1.165) is 66.8 Å². The summed E-state index contributed by atoms with van der Waals surface area (Å²) in [5.74, 6) is 1.51. The Morgan fingerprint density at radius 2 is 2.00 bits per heavy atom. The lowest BCUT2D eigenvalue weighted by atomic mass is 9.99. The quantitative estimate of drug-likeness (QED) is 0.459. The lowest BCUT2D eigenvalue weighted by Crippen LogP contribution is -2.37. The van der Waals surface area contributed by atoms with E-state index in [1.54, 1.807) is 17.7 Å². The zero-order valence-corrected chi connectivity index (χ0v) is 18.2. The number of rotatable bonds is 5. The van der Waals surface area contributed by atoms with Gasteiger partial charge in [0.05, 0.1) is 23.4 Å². The first kappa shape index (κ1) is 18.7. The molecule has 1 aliphatic carbocycles. The first-order valence-electron chi connectivity index (χ1n) is 10.2. The van der Waals surface area contributed by atoms with Crippen molar-refractivity contribution in [3.63, 3.8) is 0 Å². The van der Waals surface area contributed by atoms with Crippen molar-refractivity contribution in [2.24, 2.45) is 0 Å². The number of aromatic nitrogens is 3. The fourth-order valence-electron chi connectivity index (χ4n) is 4.38. The number of thioether (sulfide) groups is 1. The van der Waals surface area contributed by atoms with Crippen molar-refractivity contribution in [1.29, 1.82) is 0 Å². The largest absolute Gasteiger partial charge is 0.379 e. The van der Waals surface area contributed by atoms with Crippen LogP contribution in [0, 0.1) is 0 Å². The Bertz CT molecular complexity index is 1010. The maximum absolute atomic E-state index is 5.44. The van der Waals surface area contributed by atoms with Gasteiger partial charge in [0.15, 0.2) is 0 Å². The second-order valence-electron chi connectivity index (χ2n) is 7.90. The van der Waals surface area contributed by atoms with Crippen molar-refractivity contribution in [2.75, 3.05) is 38.6 Å². The molecule has 28 heavy (non-hydrogen) atoms. The first-order valence-corrected chi connectivity index (χ1v) is 12.0. The number of hydrogen-bond acceptors (Lipinski definition) is 7. The molecule has 0 N–H and O–H groups in total. The molecule has 3 aromatic rings. The molecule has 1 fully saturated rings. The van der Waals surface area contributed by atoms with Gasteiger partial charge >= 0.3 is 0 Å². The Hall–Kier alpha value is -1.28. The zero-order valence-electron chi connectivity index (χ0n) is 16.5. The van der Waals surface area contributed by atoms with Crippen molar-refractivity contribution < 1.29 is 4.74 Å². The minimum Gasteiger partial charge on any atom is -0.379 e. The summed E-state index contributed by atoms with van der Waals surface area (Å²) < 4.78 is 6.66. The Labute approximate surface area is 173 Å². The molecule has 4 heterocycles. The predicted octanol–water partition coefficient (Wildman–Crippen LogP) is 4.28. The summed E-state index contributed by atoms with van der Waals surface area (Å²) in [6.07, 6.45) is 5.29. The lowest BCUT2D eigenvalue weighted by molar-refractivity contribution is 0.0410. The predicted molar refractivity (Wildman–Crippen MR) is 117 cm³/mol.